The van der Waals surface area contributed by atoms with Crippen LogP contribution in [0.2, 0.25) is 0 Å². The highest BCUT2D eigenvalue weighted by Gasteiger charge is 2.34. The van der Waals surface area contributed by atoms with Crippen LogP contribution in [0, 0.1) is 5.92 Å². The lowest BCUT2D eigenvalue weighted by atomic mass is 9.84. The Hall–Kier alpha value is -3.21. The lowest BCUT2D eigenvalue weighted by molar-refractivity contribution is -0.134. The van der Waals surface area contributed by atoms with Gasteiger partial charge in [0.15, 0.2) is 0 Å². The third-order valence-electron chi connectivity index (χ3n) is 6.50. The van der Waals surface area contributed by atoms with Gasteiger partial charge >= 0.3 is 0 Å². The molecule has 30 heavy (non-hydrogen) atoms. The fourth-order valence-electron chi connectivity index (χ4n) is 4.84. The monoisotopic (exact) mass is 399 g/mol. The molecule has 1 atom stereocenters. The zero-order valence-electron chi connectivity index (χ0n) is 16.9. The predicted octanol–water partition coefficient (Wildman–Crippen LogP) is 3.76. The molecule has 5 rings (SSSR count). The quantitative estimate of drug-likeness (QED) is 0.656. The molecule has 1 aromatic heterocycles. The van der Waals surface area contributed by atoms with Crippen molar-refractivity contribution in [2.45, 2.75) is 31.6 Å². The van der Waals surface area contributed by atoms with Crippen molar-refractivity contribution in [2.24, 2.45) is 5.92 Å². The van der Waals surface area contributed by atoms with Crippen LogP contribution in [-0.4, -0.2) is 39.2 Å². The van der Waals surface area contributed by atoms with Gasteiger partial charge in [0, 0.05) is 37.5 Å². The van der Waals surface area contributed by atoms with Gasteiger partial charge in [0.1, 0.15) is 5.78 Å². The second-order valence-corrected chi connectivity index (χ2v) is 8.29. The third kappa shape index (κ3) is 3.45. The number of aromatic nitrogens is 2. The lowest BCUT2D eigenvalue weighted by Crippen LogP contribution is -2.41. The van der Waals surface area contributed by atoms with Gasteiger partial charge in [-0.15, -0.1) is 0 Å². The summed E-state index contributed by atoms with van der Waals surface area (Å²) >= 11 is 0. The molecule has 5 heteroatoms. The van der Waals surface area contributed by atoms with E-state index in [1.54, 1.807) is 0 Å². The Balaban J connectivity index is 1.20. The Morgan fingerprint density at radius 3 is 2.50 bits per heavy atom. The SMILES string of the molecule is O=C(CC1c2ccccc2-n2cncc21)C1CCN(C(=O)Cc2ccccc2)CC1. The maximum absolute atomic E-state index is 13.1. The number of rotatable bonds is 5. The Morgan fingerprint density at radius 1 is 0.967 bits per heavy atom. The van der Waals surface area contributed by atoms with Gasteiger partial charge in [-0.25, -0.2) is 4.98 Å². The molecular weight excluding hydrogens is 374 g/mol. The molecule has 0 N–H and O–H groups in total. The molecule has 2 aliphatic heterocycles. The molecule has 1 amide bonds. The van der Waals surface area contributed by atoms with Crippen molar-refractivity contribution in [3.8, 4) is 5.69 Å². The van der Waals surface area contributed by atoms with Gasteiger partial charge in [0.2, 0.25) is 5.91 Å². The van der Waals surface area contributed by atoms with Crippen molar-refractivity contribution >= 4 is 11.7 Å². The Bertz CT molecular complexity index is 1060. The van der Waals surface area contributed by atoms with Gasteiger partial charge in [0.25, 0.3) is 0 Å². The van der Waals surface area contributed by atoms with Crippen molar-refractivity contribution in [2.75, 3.05) is 13.1 Å². The maximum atomic E-state index is 13.1. The zero-order valence-corrected chi connectivity index (χ0v) is 16.9. The number of imidazole rings is 1. The van der Waals surface area contributed by atoms with Crippen LogP contribution in [0.3, 0.4) is 0 Å². The van der Waals surface area contributed by atoms with Crippen molar-refractivity contribution in [3.05, 3.63) is 83.9 Å². The number of amides is 1. The molecule has 0 aliphatic carbocycles. The molecule has 0 spiro atoms. The molecule has 2 aliphatic rings. The summed E-state index contributed by atoms with van der Waals surface area (Å²) in [6.07, 6.45) is 6.16. The molecule has 152 valence electrons. The third-order valence-corrected chi connectivity index (χ3v) is 6.50. The summed E-state index contributed by atoms with van der Waals surface area (Å²) in [6.45, 7) is 1.34. The maximum Gasteiger partial charge on any atom is 0.226 e. The van der Waals surface area contributed by atoms with Gasteiger partial charge in [-0.2, -0.15) is 0 Å². The van der Waals surface area contributed by atoms with Crippen LogP contribution in [-0.2, 0) is 16.0 Å². The first-order valence-electron chi connectivity index (χ1n) is 10.7. The average Bonchev–Trinajstić information content (AvgIpc) is 3.37. The molecule has 5 nitrogen and oxygen atoms in total. The second kappa shape index (κ2) is 7.90. The van der Waals surface area contributed by atoms with Gasteiger partial charge in [-0.1, -0.05) is 48.5 Å². The van der Waals surface area contributed by atoms with E-state index >= 15 is 0 Å². The van der Waals surface area contributed by atoms with Crippen molar-refractivity contribution in [1.29, 1.82) is 0 Å². The van der Waals surface area contributed by atoms with Gasteiger partial charge < -0.3 is 9.47 Å². The minimum absolute atomic E-state index is 0.0370. The Labute approximate surface area is 176 Å². The predicted molar refractivity (Wildman–Crippen MR) is 114 cm³/mol. The minimum atomic E-state index is 0.0370. The first-order valence-corrected chi connectivity index (χ1v) is 10.7. The van der Waals surface area contributed by atoms with Crippen LogP contribution in [0.4, 0.5) is 0 Å². The second-order valence-electron chi connectivity index (χ2n) is 8.29. The van der Waals surface area contributed by atoms with Crippen LogP contribution in [0.1, 0.15) is 42.0 Å². The molecule has 0 saturated carbocycles. The molecule has 3 heterocycles. The fraction of sp³-hybridized carbons (Fsp3) is 0.320. The molecule has 0 radical (unpaired) electrons. The molecule has 0 bridgehead atoms. The summed E-state index contributed by atoms with van der Waals surface area (Å²) in [5.41, 5.74) is 4.47. The Morgan fingerprint density at radius 2 is 1.70 bits per heavy atom. The van der Waals surface area contributed by atoms with E-state index in [2.05, 4.69) is 21.7 Å². The van der Waals surface area contributed by atoms with Crippen LogP contribution in [0.15, 0.2) is 67.1 Å². The summed E-state index contributed by atoms with van der Waals surface area (Å²) in [5.74, 6) is 0.573. The number of Topliss-reactive ketones (excluding diaryl/α,β-unsaturated/α-hetero) is 1. The minimum Gasteiger partial charge on any atom is -0.342 e. The van der Waals surface area contributed by atoms with E-state index in [4.69, 9.17) is 0 Å². The summed E-state index contributed by atoms with van der Waals surface area (Å²) < 4.78 is 2.10. The summed E-state index contributed by atoms with van der Waals surface area (Å²) in [6, 6.07) is 18.1. The van der Waals surface area contributed by atoms with E-state index in [1.807, 2.05) is 59.9 Å². The van der Waals surface area contributed by atoms with Crippen molar-refractivity contribution in [1.82, 2.24) is 14.5 Å². The number of ketones is 1. The highest BCUT2D eigenvalue weighted by Crippen LogP contribution is 2.40. The molecule has 1 unspecified atom stereocenters. The number of piperidine rings is 1. The van der Waals surface area contributed by atoms with Gasteiger partial charge in [-0.3, -0.25) is 9.59 Å². The smallest absolute Gasteiger partial charge is 0.226 e. The highest BCUT2D eigenvalue weighted by molar-refractivity contribution is 5.84. The number of hydrogen-bond donors (Lipinski definition) is 0. The van der Waals surface area contributed by atoms with Gasteiger partial charge in [-0.05, 0) is 30.0 Å². The number of nitrogens with zero attached hydrogens (tertiary/aromatic N) is 3. The van der Waals surface area contributed by atoms with E-state index in [0.717, 1.165) is 29.8 Å². The zero-order chi connectivity index (χ0) is 20.5. The van der Waals surface area contributed by atoms with Crippen molar-refractivity contribution in [3.63, 3.8) is 0 Å². The highest BCUT2D eigenvalue weighted by atomic mass is 16.2. The number of para-hydroxylation sites is 1. The van der Waals surface area contributed by atoms with Crippen LogP contribution in [0.5, 0.6) is 0 Å². The van der Waals surface area contributed by atoms with E-state index in [-0.39, 0.29) is 17.7 Å². The van der Waals surface area contributed by atoms with Crippen LogP contribution in [0.25, 0.3) is 5.69 Å². The molecule has 2 aromatic carbocycles. The standard InChI is InChI=1S/C25H25N3O2/c29-24(15-21-20-8-4-5-9-22(20)28-17-26-16-23(21)28)19-10-12-27(13-11-19)25(30)14-18-6-2-1-3-7-18/h1-9,16-17,19,21H,10-15H2. The fourth-order valence-corrected chi connectivity index (χ4v) is 4.84. The number of benzene rings is 2. The lowest BCUT2D eigenvalue weighted by Gasteiger charge is -2.32. The van der Waals surface area contributed by atoms with Crippen LogP contribution >= 0.6 is 0 Å². The number of likely N-dealkylation sites (tertiary alicyclic amines) is 1. The number of carbonyl (C=O) groups excluding carboxylic acids is 2. The van der Waals surface area contributed by atoms with Gasteiger partial charge in [0.05, 0.1) is 24.1 Å². The van der Waals surface area contributed by atoms with Crippen molar-refractivity contribution < 1.29 is 9.59 Å². The Kier molecular flexibility index (Phi) is 4.95. The largest absolute Gasteiger partial charge is 0.342 e. The summed E-state index contributed by atoms with van der Waals surface area (Å²) in [7, 11) is 0. The molecule has 1 fully saturated rings. The van der Waals surface area contributed by atoms with E-state index in [9.17, 15) is 9.59 Å². The molecule has 3 aromatic rings. The summed E-state index contributed by atoms with van der Waals surface area (Å²) in [4.78, 5) is 31.9. The molecular formula is C25H25N3O2. The van der Waals surface area contributed by atoms with E-state index in [1.165, 1.54) is 5.56 Å². The topological polar surface area (TPSA) is 55.2 Å². The van der Waals surface area contributed by atoms with E-state index in [0.29, 0.717) is 31.7 Å². The number of fused-ring (bicyclic) bond motifs is 3. The average molecular weight is 399 g/mol. The van der Waals surface area contributed by atoms with E-state index < -0.39 is 0 Å². The van der Waals surface area contributed by atoms with Crippen LogP contribution < -0.4 is 0 Å². The first kappa shape index (κ1) is 18.8. The number of hydrogen-bond acceptors (Lipinski definition) is 3. The number of carbonyl (C=O) groups is 2. The first-order chi connectivity index (χ1) is 14.7. The summed E-state index contributed by atoms with van der Waals surface area (Å²) in [5, 5.41) is 0. The molecule has 1 saturated heterocycles. The normalized spacial score (nSPS) is 18.1.